The highest BCUT2D eigenvalue weighted by Crippen LogP contribution is 2.67. The first-order chi connectivity index (χ1) is 17.5. The van der Waals surface area contributed by atoms with E-state index >= 15 is 0 Å². The van der Waals surface area contributed by atoms with Crippen LogP contribution < -0.4 is 0 Å². The first kappa shape index (κ1) is 28.0. The third kappa shape index (κ3) is 5.06. The number of hydrogen-bond donors (Lipinski definition) is 0. The summed E-state index contributed by atoms with van der Waals surface area (Å²) in [7, 11) is 0. The summed E-state index contributed by atoms with van der Waals surface area (Å²) in [6.45, 7) is 12.5. The van der Waals surface area contributed by atoms with Crippen LogP contribution in [-0.4, -0.2) is 16.4 Å². The van der Waals surface area contributed by atoms with E-state index in [2.05, 4.69) is 45.1 Å². The van der Waals surface area contributed by atoms with Crippen LogP contribution in [0.5, 0.6) is 0 Å². The summed E-state index contributed by atoms with van der Waals surface area (Å²) in [5, 5.41) is 0.214. The predicted octanol–water partition coefficient (Wildman–Crippen LogP) is 10.0. The highest BCUT2D eigenvalue weighted by atomic mass is 35.5. The number of carbonyl (C=O) groups excluding carboxylic acids is 1. The summed E-state index contributed by atoms with van der Waals surface area (Å²) >= 11 is 13.2. The van der Waals surface area contributed by atoms with Crippen molar-refractivity contribution in [1.82, 2.24) is 4.37 Å². The highest BCUT2D eigenvalue weighted by molar-refractivity contribution is 7.11. The van der Waals surface area contributed by atoms with Crippen molar-refractivity contribution in [3.05, 3.63) is 26.7 Å². The van der Waals surface area contributed by atoms with Crippen molar-refractivity contribution in [3.8, 4) is 0 Å². The zero-order chi connectivity index (χ0) is 26.5. The Bertz CT molecular complexity index is 1040. The molecule has 1 aromatic rings. The molecule has 5 rings (SSSR count). The van der Waals surface area contributed by atoms with Gasteiger partial charge in [-0.15, -0.1) is 0 Å². The van der Waals surface area contributed by atoms with Gasteiger partial charge in [-0.1, -0.05) is 88.7 Å². The molecule has 1 aromatic heterocycles. The molecule has 37 heavy (non-hydrogen) atoms. The minimum Gasteiger partial charge on any atom is -0.457 e. The summed E-state index contributed by atoms with van der Waals surface area (Å²) in [5.74, 6) is 4.57. The van der Waals surface area contributed by atoms with Crippen molar-refractivity contribution in [1.29, 1.82) is 0 Å². The van der Waals surface area contributed by atoms with Crippen molar-refractivity contribution in [2.75, 3.05) is 0 Å². The van der Waals surface area contributed by atoms with Crippen LogP contribution >= 0.6 is 34.7 Å². The zero-order valence-electron chi connectivity index (χ0n) is 23.3. The SMILES string of the molecule is CC(C)CCCC(C)C1CCC2C3CC=C4CC(OC(=O)c5nsc(Cl)c5Cl)CCC4(C)C3CCC12C. The first-order valence-corrected chi connectivity index (χ1v) is 16.3. The molecule has 0 amide bonds. The van der Waals surface area contributed by atoms with Crippen LogP contribution in [0.15, 0.2) is 11.6 Å². The van der Waals surface area contributed by atoms with Gasteiger partial charge in [0.25, 0.3) is 0 Å². The molecular formula is C31H45Cl2NO2S. The third-order valence-electron chi connectivity index (χ3n) is 11.3. The van der Waals surface area contributed by atoms with Gasteiger partial charge in [-0.05, 0) is 103 Å². The molecule has 0 aromatic carbocycles. The van der Waals surface area contributed by atoms with Gasteiger partial charge in [0.05, 0.1) is 0 Å². The zero-order valence-corrected chi connectivity index (χ0v) is 25.7. The van der Waals surface area contributed by atoms with Crippen molar-refractivity contribution in [2.45, 2.75) is 111 Å². The number of hydrogen-bond acceptors (Lipinski definition) is 4. The summed E-state index contributed by atoms with van der Waals surface area (Å²) in [4.78, 5) is 12.7. The minimum absolute atomic E-state index is 0.101. The quantitative estimate of drug-likeness (QED) is 0.244. The van der Waals surface area contributed by atoms with Gasteiger partial charge in [0, 0.05) is 6.42 Å². The van der Waals surface area contributed by atoms with E-state index in [1.54, 1.807) is 0 Å². The summed E-state index contributed by atoms with van der Waals surface area (Å²) in [6, 6.07) is 0. The fraction of sp³-hybridized carbons (Fsp3) is 0.806. The number of aromatic nitrogens is 1. The Morgan fingerprint density at radius 1 is 1.11 bits per heavy atom. The molecule has 3 fully saturated rings. The molecule has 3 saturated carbocycles. The number of allylic oxidation sites excluding steroid dienone is 1. The van der Waals surface area contributed by atoms with E-state index < -0.39 is 5.97 Å². The van der Waals surface area contributed by atoms with Crippen molar-refractivity contribution < 1.29 is 9.53 Å². The average Bonchev–Trinajstić information content (AvgIpc) is 3.37. The molecule has 8 unspecified atom stereocenters. The number of nitrogens with zero attached hydrogens (tertiary/aromatic N) is 1. The second kappa shape index (κ2) is 10.8. The Hall–Kier alpha value is -0.580. The van der Waals surface area contributed by atoms with Crippen LogP contribution in [0.2, 0.25) is 9.36 Å². The maximum absolute atomic E-state index is 12.7. The standard InChI is InChI=1S/C31H45Cl2NO2S/c1-18(2)7-6-8-19(3)23-11-12-24-22-10-9-20-17-21(36-29(35)27-26(32)28(33)37-34-27)13-15-30(20,4)25(22)14-16-31(23,24)5/h9,18-19,21-25H,6-8,10-17H2,1-5H3. The molecule has 206 valence electrons. The maximum Gasteiger partial charge on any atom is 0.359 e. The van der Waals surface area contributed by atoms with Gasteiger partial charge in [-0.25, -0.2) is 4.79 Å². The van der Waals surface area contributed by atoms with Crippen molar-refractivity contribution in [3.63, 3.8) is 0 Å². The Labute approximate surface area is 238 Å². The van der Waals surface area contributed by atoms with E-state index in [0.717, 1.165) is 66.3 Å². The average molecular weight is 567 g/mol. The number of fused-ring (bicyclic) bond motifs is 5. The van der Waals surface area contributed by atoms with Gasteiger partial charge in [0.1, 0.15) is 15.5 Å². The molecule has 0 N–H and O–H groups in total. The van der Waals surface area contributed by atoms with E-state index in [1.165, 1.54) is 56.9 Å². The Morgan fingerprint density at radius 2 is 1.89 bits per heavy atom. The predicted molar refractivity (Wildman–Crippen MR) is 154 cm³/mol. The molecule has 0 spiro atoms. The summed E-state index contributed by atoms with van der Waals surface area (Å²) < 4.78 is 10.3. The Kier molecular flexibility index (Phi) is 8.14. The van der Waals surface area contributed by atoms with E-state index in [4.69, 9.17) is 27.9 Å². The first-order valence-electron chi connectivity index (χ1n) is 14.8. The number of rotatable bonds is 7. The van der Waals surface area contributed by atoms with Gasteiger partial charge in [0.15, 0.2) is 5.69 Å². The third-order valence-corrected chi connectivity index (χ3v) is 12.9. The van der Waals surface area contributed by atoms with Gasteiger partial charge in [0.2, 0.25) is 0 Å². The summed E-state index contributed by atoms with van der Waals surface area (Å²) in [5.41, 5.74) is 2.44. The molecule has 0 aliphatic heterocycles. The van der Waals surface area contributed by atoms with Crippen LogP contribution in [-0.2, 0) is 4.74 Å². The minimum atomic E-state index is -0.441. The molecule has 0 bridgehead atoms. The Balaban J connectivity index is 1.26. The van der Waals surface area contributed by atoms with Gasteiger partial charge in [-0.2, -0.15) is 4.37 Å². The maximum atomic E-state index is 12.7. The second-order valence-electron chi connectivity index (χ2n) is 13.7. The van der Waals surface area contributed by atoms with E-state index in [0.29, 0.717) is 9.75 Å². The fourth-order valence-corrected chi connectivity index (χ4v) is 10.3. The number of ether oxygens (including phenoxy) is 1. The molecule has 8 atom stereocenters. The van der Waals surface area contributed by atoms with E-state index in [-0.39, 0.29) is 22.2 Å². The lowest BCUT2D eigenvalue weighted by molar-refractivity contribution is -0.0595. The number of carbonyl (C=O) groups is 1. The lowest BCUT2D eigenvalue weighted by atomic mass is 9.47. The summed E-state index contributed by atoms with van der Waals surface area (Å²) in [6.07, 6.45) is 16.3. The molecule has 1 heterocycles. The number of halogens is 2. The molecular weight excluding hydrogens is 521 g/mol. The van der Waals surface area contributed by atoms with Gasteiger partial charge in [-0.3, -0.25) is 0 Å². The molecule has 0 radical (unpaired) electrons. The highest BCUT2D eigenvalue weighted by Gasteiger charge is 2.59. The largest absolute Gasteiger partial charge is 0.457 e. The van der Waals surface area contributed by atoms with Crippen LogP contribution in [0.25, 0.3) is 0 Å². The van der Waals surface area contributed by atoms with Crippen LogP contribution in [0.4, 0.5) is 0 Å². The van der Waals surface area contributed by atoms with Gasteiger partial charge >= 0.3 is 5.97 Å². The smallest absolute Gasteiger partial charge is 0.359 e. The molecule has 6 heteroatoms. The number of esters is 1. The van der Waals surface area contributed by atoms with Crippen LogP contribution in [0.1, 0.15) is 116 Å². The van der Waals surface area contributed by atoms with Crippen molar-refractivity contribution >= 4 is 40.7 Å². The molecule has 4 aliphatic rings. The molecule has 3 nitrogen and oxygen atoms in total. The fourth-order valence-electron chi connectivity index (χ4n) is 9.35. The van der Waals surface area contributed by atoms with Crippen molar-refractivity contribution in [2.24, 2.45) is 46.3 Å². The monoisotopic (exact) mass is 565 g/mol. The lowest BCUT2D eigenvalue weighted by Gasteiger charge is -2.58. The Morgan fingerprint density at radius 3 is 2.59 bits per heavy atom. The lowest BCUT2D eigenvalue weighted by Crippen LogP contribution is -2.51. The normalized spacial score (nSPS) is 37.9. The van der Waals surface area contributed by atoms with Crippen LogP contribution in [0, 0.1) is 46.3 Å². The van der Waals surface area contributed by atoms with Crippen LogP contribution in [0.3, 0.4) is 0 Å². The molecule has 4 aliphatic carbocycles. The topological polar surface area (TPSA) is 39.2 Å². The van der Waals surface area contributed by atoms with E-state index in [1.807, 2.05) is 0 Å². The molecule has 0 saturated heterocycles. The second-order valence-corrected chi connectivity index (χ2v) is 15.4. The van der Waals surface area contributed by atoms with Gasteiger partial charge < -0.3 is 4.74 Å². The van der Waals surface area contributed by atoms with E-state index in [9.17, 15) is 4.79 Å².